The molecule has 4 rings (SSSR count). The molecule has 3 aromatic heterocycles. The number of benzene rings is 1. The van der Waals surface area contributed by atoms with Gasteiger partial charge in [0.05, 0.1) is 33.6 Å². The van der Waals surface area contributed by atoms with Gasteiger partial charge in [0.1, 0.15) is 10.6 Å². The Morgan fingerprint density at radius 1 is 1.24 bits per heavy atom. The van der Waals surface area contributed by atoms with E-state index in [1.807, 2.05) is 49.7 Å². The van der Waals surface area contributed by atoms with Gasteiger partial charge in [-0.05, 0) is 26.0 Å². The summed E-state index contributed by atoms with van der Waals surface area (Å²) in [7, 11) is 1.94. The van der Waals surface area contributed by atoms with E-state index < -0.39 is 0 Å². The third-order valence-electron chi connectivity index (χ3n) is 4.01. The number of aromatic amines is 1. The lowest BCUT2D eigenvalue weighted by atomic mass is 10.3. The highest BCUT2D eigenvalue weighted by Crippen LogP contribution is 2.28. The van der Waals surface area contributed by atoms with Crippen molar-refractivity contribution < 1.29 is 4.79 Å². The van der Waals surface area contributed by atoms with Crippen LogP contribution in [0.1, 0.15) is 20.4 Å². The summed E-state index contributed by atoms with van der Waals surface area (Å²) in [6.45, 7) is 3.72. The van der Waals surface area contributed by atoms with Crippen LogP contribution in [0.3, 0.4) is 0 Å². The minimum atomic E-state index is -0.190. The molecule has 0 spiro atoms. The van der Waals surface area contributed by atoms with E-state index >= 15 is 0 Å². The molecule has 0 saturated carbocycles. The second-order valence-electron chi connectivity index (χ2n) is 5.74. The SMILES string of the molecule is Cc1nc(C)c(C(=O)Nc2cn[nH]c2-c2nc3ccccc3n2C)s1. The molecule has 7 nitrogen and oxygen atoms in total. The fourth-order valence-electron chi connectivity index (χ4n) is 2.84. The fourth-order valence-corrected chi connectivity index (χ4v) is 3.66. The van der Waals surface area contributed by atoms with E-state index in [-0.39, 0.29) is 5.91 Å². The van der Waals surface area contributed by atoms with E-state index in [1.165, 1.54) is 11.3 Å². The Hall–Kier alpha value is -3.00. The Morgan fingerprint density at radius 2 is 2.04 bits per heavy atom. The Kier molecular flexibility index (Phi) is 3.61. The number of fused-ring (bicyclic) bond motifs is 1. The van der Waals surface area contributed by atoms with Crippen molar-refractivity contribution in [2.24, 2.45) is 7.05 Å². The van der Waals surface area contributed by atoms with Crippen LogP contribution in [-0.4, -0.2) is 30.6 Å². The molecule has 0 aliphatic rings. The van der Waals surface area contributed by atoms with E-state index in [0.29, 0.717) is 22.1 Å². The summed E-state index contributed by atoms with van der Waals surface area (Å²) in [6, 6.07) is 7.88. The molecule has 1 aromatic carbocycles. The Labute approximate surface area is 147 Å². The lowest BCUT2D eigenvalue weighted by Crippen LogP contribution is -2.12. The molecule has 4 aromatic rings. The molecule has 0 fully saturated rings. The first-order valence-electron chi connectivity index (χ1n) is 7.75. The molecule has 0 aliphatic carbocycles. The van der Waals surface area contributed by atoms with Crippen LogP contribution < -0.4 is 5.32 Å². The van der Waals surface area contributed by atoms with Crippen LogP contribution in [0, 0.1) is 13.8 Å². The molecule has 0 radical (unpaired) electrons. The lowest BCUT2D eigenvalue weighted by Gasteiger charge is -2.05. The number of imidazole rings is 1. The second kappa shape index (κ2) is 5.82. The molecule has 0 bridgehead atoms. The normalized spacial score (nSPS) is 11.2. The number of hydrogen-bond donors (Lipinski definition) is 2. The van der Waals surface area contributed by atoms with Gasteiger partial charge in [0.15, 0.2) is 5.82 Å². The minimum absolute atomic E-state index is 0.190. The molecule has 25 heavy (non-hydrogen) atoms. The van der Waals surface area contributed by atoms with E-state index in [1.54, 1.807) is 6.20 Å². The molecule has 0 saturated heterocycles. The number of carbonyl (C=O) groups excluding carboxylic acids is 1. The van der Waals surface area contributed by atoms with Gasteiger partial charge in [-0.1, -0.05) is 12.1 Å². The van der Waals surface area contributed by atoms with Crippen molar-refractivity contribution in [2.75, 3.05) is 5.32 Å². The summed E-state index contributed by atoms with van der Waals surface area (Å²) in [5, 5.41) is 10.8. The highest BCUT2D eigenvalue weighted by atomic mass is 32.1. The number of amides is 1. The number of aromatic nitrogens is 5. The molecular formula is C17H16N6OS. The minimum Gasteiger partial charge on any atom is -0.326 e. The van der Waals surface area contributed by atoms with E-state index in [4.69, 9.17) is 0 Å². The monoisotopic (exact) mass is 352 g/mol. The second-order valence-corrected chi connectivity index (χ2v) is 6.95. The average Bonchev–Trinajstić information content (AvgIpc) is 3.26. The summed E-state index contributed by atoms with van der Waals surface area (Å²) < 4.78 is 1.97. The van der Waals surface area contributed by atoms with Crippen molar-refractivity contribution in [3.63, 3.8) is 0 Å². The maximum atomic E-state index is 12.6. The molecule has 0 unspecified atom stereocenters. The first-order valence-corrected chi connectivity index (χ1v) is 8.57. The number of hydrogen-bond acceptors (Lipinski definition) is 5. The number of thiazole rings is 1. The summed E-state index contributed by atoms with van der Waals surface area (Å²) in [4.78, 5) is 22.1. The fraction of sp³-hybridized carbons (Fsp3) is 0.176. The maximum Gasteiger partial charge on any atom is 0.267 e. The molecular weight excluding hydrogens is 336 g/mol. The number of H-pyrrole nitrogens is 1. The first kappa shape index (κ1) is 15.5. The molecule has 0 aliphatic heterocycles. The molecule has 1 amide bonds. The lowest BCUT2D eigenvalue weighted by molar-refractivity contribution is 0.103. The zero-order chi connectivity index (χ0) is 17.6. The van der Waals surface area contributed by atoms with Crippen molar-refractivity contribution in [1.29, 1.82) is 0 Å². The smallest absolute Gasteiger partial charge is 0.267 e. The van der Waals surface area contributed by atoms with Crippen molar-refractivity contribution in [2.45, 2.75) is 13.8 Å². The van der Waals surface area contributed by atoms with Crippen LogP contribution in [-0.2, 0) is 7.05 Å². The topological polar surface area (TPSA) is 88.5 Å². The third-order valence-corrected chi connectivity index (χ3v) is 5.08. The van der Waals surface area contributed by atoms with E-state index in [0.717, 1.165) is 21.7 Å². The maximum absolute atomic E-state index is 12.6. The van der Waals surface area contributed by atoms with Crippen LogP contribution in [0.4, 0.5) is 5.69 Å². The average molecular weight is 352 g/mol. The quantitative estimate of drug-likeness (QED) is 0.592. The highest BCUT2D eigenvalue weighted by Gasteiger charge is 2.19. The largest absolute Gasteiger partial charge is 0.326 e. The van der Waals surface area contributed by atoms with Gasteiger partial charge in [0.25, 0.3) is 5.91 Å². The number of carbonyl (C=O) groups is 1. The zero-order valence-electron chi connectivity index (χ0n) is 14.0. The van der Waals surface area contributed by atoms with Crippen LogP contribution in [0.15, 0.2) is 30.5 Å². The molecule has 8 heteroatoms. The zero-order valence-corrected chi connectivity index (χ0v) is 14.8. The van der Waals surface area contributed by atoms with Gasteiger partial charge in [-0.15, -0.1) is 11.3 Å². The number of nitrogens with zero attached hydrogens (tertiary/aromatic N) is 4. The van der Waals surface area contributed by atoms with Crippen LogP contribution in [0.2, 0.25) is 0 Å². The highest BCUT2D eigenvalue weighted by molar-refractivity contribution is 7.13. The van der Waals surface area contributed by atoms with Crippen LogP contribution in [0.5, 0.6) is 0 Å². The van der Waals surface area contributed by atoms with Gasteiger partial charge in [-0.2, -0.15) is 5.10 Å². The van der Waals surface area contributed by atoms with Gasteiger partial charge in [-0.25, -0.2) is 9.97 Å². The molecule has 2 N–H and O–H groups in total. The summed E-state index contributed by atoms with van der Waals surface area (Å²) >= 11 is 1.38. The van der Waals surface area contributed by atoms with Crippen LogP contribution in [0.25, 0.3) is 22.6 Å². The van der Waals surface area contributed by atoms with Gasteiger partial charge in [-0.3, -0.25) is 9.89 Å². The first-order chi connectivity index (χ1) is 12.0. The van der Waals surface area contributed by atoms with Gasteiger partial charge >= 0.3 is 0 Å². The van der Waals surface area contributed by atoms with E-state index in [2.05, 4.69) is 25.5 Å². The molecule has 126 valence electrons. The van der Waals surface area contributed by atoms with Gasteiger partial charge < -0.3 is 9.88 Å². The number of aryl methyl sites for hydroxylation is 3. The summed E-state index contributed by atoms with van der Waals surface area (Å²) in [5.41, 5.74) is 3.90. The van der Waals surface area contributed by atoms with Crippen LogP contribution >= 0.6 is 11.3 Å². The van der Waals surface area contributed by atoms with Crippen molar-refractivity contribution in [1.82, 2.24) is 24.7 Å². The number of anilines is 1. The van der Waals surface area contributed by atoms with Crippen molar-refractivity contribution >= 4 is 34.0 Å². The molecule has 0 atom stereocenters. The van der Waals surface area contributed by atoms with Gasteiger partial charge in [0.2, 0.25) is 0 Å². The predicted octanol–water partition coefficient (Wildman–Crippen LogP) is 3.29. The standard InChI is InChI=1S/C17H16N6OS/c1-9-15(25-10(2)19-9)17(24)21-12-8-18-22-14(12)16-20-11-6-4-5-7-13(11)23(16)3/h4-8H,1-3H3,(H,18,22)(H,21,24). The predicted molar refractivity (Wildman–Crippen MR) is 97.8 cm³/mol. The summed E-state index contributed by atoms with van der Waals surface area (Å²) in [5.74, 6) is 0.524. The Bertz CT molecular complexity index is 1090. The Morgan fingerprint density at radius 3 is 2.76 bits per heavy atom. The molecule has 3 heterocycles. The Balaban J connectivity index is 1.72. The van der Waals surface area contributed by atoms with E-state index in [9.17, 15) is 4.79 Å². The number of rotatable bonds is 3. The van der Waals surface area contributed by atoms with Gasteiger partial charge in [0, 0.05) is 7.05 Å². The number of nitrogens with one attached hydrogen (secondary N) is 2. The summed E-state index contributed by atoms with van der Waals surface area (Å²) in [6.07, 6.45) is 1.59. The third kappa shape index (κ3) is 2.60. The number of para-hydroxylation sites is 2. The van der Waals surface area contributed by atoms with Crippen molar-refractivity contribution in [3.8, 4) is 11.5 Å². The van der Waals surface area contributed by atoms with Crippen molar-refractivity contribution in [3.05, 3.63) is 46.0 Å².